The van der Waals surface area contributed by atoms with Crippen molar-refractivity contribution in [2.45, 2.75) is 6.61 Å². The summed E-state index contributed by atoms with van der Waals surface area (Å²) in [4.78, 5) is 10.7. The van der Waals surface area contributed by atoms with E-state index in [9.17, 15) is 9.18 Å². The summed E-state index contributed by atoms with van der Waals surface area (Å²) in [5, 5.41) is 17.9. The van der Waals surface area contributed by atoms with Crippen LogP contribution in [0.2, 0.25) is 0 Å². The minimum atomic E-state index is -1.21. The molecular weight excluding hydrogens is 251 g/mol. The molecule has 2 N–H and O–H groups in total. The molecule has 0 unspecified atom stereocenters. The van der Waals surface area contributed by atoms with Crippen LogP contribution in [0.3, 0.4) is 0 Å². The topological polar surface area (TPSA) is 66.8 Å². The molecule has 0 saturated heterocycles. The summed E-state index contributed by atoms with van der Waals surface area (Å²) in [5.41, 5.74) is 0.365. The lowest BCUT2D eigenvalue weighted by Gasteiger charge is -2.10. The summed E-state index contributed by atoms with van der Waals surface area (Å²) < 4.78 is 19.0. The first-order valence-corrected chi connectivity index (χ1v) is 5.51. The standard InChI is InChI=1S/C14H11FO4/c15-11-7-9(14(17)18)5-6-13(11)19-12-4-2-1-3-10(12)8-16/h1-7,16H,8H2,(H,17,18). The predicted molar refractivity (Wildman–Crippen MR) is 65.8 cm³/mol. The Morgan fingerprint density at radius 1 is 1.16 bits per heavy atom. The van der Waals surface area contributed by atoms with Crippen LogP contribution in [0.15, 0.2) is 42.5 Å². The fourth-order valence-electron chi connectivity index (χ4n) is 1.57. The van der Waals surface area contributed by atoms with Gasteiger partial charge in [0.1, 0.15) is 5.75 Å². The lowest BCUT2D eigenvalue weighted by atomic mass is 10.2. The smallest absolute Gasteiger partial charge is 0.335 e. The highest BCUT2D eigenvalue weighted by Gasteiger charge is 2.11. The number of aliphatic hydroxyl groups is 1. The van der Waals surface area contributed by atoms with Crippen LogP contribution in [0, 0.1) is 5.82 Å². The Kier molecular flexibility index (Phi) is 3.77. The second kappa shape index (κ2) is 5.49. The number of hydrogen-bond acceptors (Lipinski definition) is 3. The third kappa shape index (κ3) is 2.89. The molecule has 0 aliphatic heterocycles. The van der Waals surface area contributed by atoms with Gasteiger partial charge in [0.05, 0.1) is 12.2 Å². The van der Waals surface area contributed by atoms with Gasteiger partial charge < -0.3 is 14.9 Å². The van der Waals surface area contributed by atoms with Gasteiger partial charge in [0, 0.05) is 5.56 Å². The maximum atomic E-state index is 13.7. The van der Waals surface area contributed by atoms with E-state index in [2.05, 4.69) is 0 Å². The van der Waals surface area contributed by atoms with Gasteiger partial charge in [-0.2, -0.15) is 0 Å². The molecule has 0 radical (unpaired) electrons. The van der Waals surface area contributed by atoms with Gasteiger partial charge >= 0.3 is 5.97 Å². The van der Waals surface area contributed by atoms with E-state index >= 15 is 0 Å². The van der Waals surface area contributed by atoms with Crippen LogP contribution in [0.5, 0.6) is 11.5 Å². The van der Waals surface area contributed by atoms with Gasteiger partial charge in [0.15, 0.2) is 11.6 Å². The number of hydrogen-bond donors (Lipinski definition) is 2. The number of carboxylic acid groups (broad SMARTS) is 1. The molecule has 98 valence electrons. The first-order valence-electron chi connectivity index (χ1n) is 5.51. The van der Waals surface area contributed by atoms with E-state index in [1.54, 1.807) is 24.3 Å². The van der Waals surface area contributed by atoms with Crippen molar-refractivity contribution in [3.05, 3.63) is 59.4 Å². The first-order chi connectivity index (χ1) is 9.11. The lowest BCUT2D eigenvalue weighted by molar-refractivity contribution is 0.0696. The minimum absolute atomic E-state index is 0.0918. The van der Waals surface area contributed by atoms with Gasteiger partial charge in [-0.25, -0.2) is 9.18 Å². The van der Waals surface area contributed by atoms with E-state index in [4.69, 9.17) is 14.9 Å². The van der Waals surface area contributed by atoms with Crippen molar-refractivity contribution in [1.82, 2.24) is 0 Å². The monoisotopic (exact) mass is 262 g/mol. The number of aromatic carboxylic acids is 1. The minimum Gasteiger partial charge on any atom is -0.478 e. The van der Waals surface area contributed by atoms with Gasteiger partial charge in [-0.3, -0.25) is 0 Å². The average molecular weight is 262 g/mol. The van der Waals surface area contributed by atoms with Crippen LogP contribution in [-0.4, -0.2) is 16.2 Å². The quantitative estimate of drug-likeness (QED) is 0.889. The van der Waals surface area contributed by atoms with Crippen molar-refractivity contribution in [2.24, 2.45) is 0 Å². The summed E-state index contributed by atoms with van der Waals surface area (Å²) in [6.07, 6.45) is 0. The Morgan fingerprint density at radius 2 is 1.89 bits per heavy atom. The highest BCUT2D eigenvalue weighted by atomic mass is 19.1. The van der Waals surface area contributed by atoms with Crippen molar-refractivity contribution in [3.8, 4) is 11.5 Å². The second-order valence-electron chi connectivity index (χ2n) is 3.82. The number of carbonyl (C=O) groups is 1. The van der Waals surface area contributed by atoms with Gasteiger partial charge in [-0.05, 0) is 24.3 Å². The molecule has 0 amide bonds. The Labute approximate surface area is 108 Å². The zero-order valence-corrected chi connectivity index (χ0v) is 9.84. The van der Waals surface area contributed by atoms with Crippen LogP contribution in [0.25, 0.3) is 0 Å². The fourth-order valence-corrected chi connectivity index (χ4v) is 1.57. The van der Waals surface area contributed by atoms with E-state index in [1.165, 1.54) is 12.1 Å². The van der Waals surface area contributed by atoms with E-state index in [0.29, 0.717) is 11.3 Å². The van der Waals surface area contributed by atoms with Crippen molar-refractivity contribution >= 4 is 5.97 Å². The average Bonchev–Trinajstić information content (AvgIpc) is 2.41. The number of benzene rings is 2. The molecule has 0 atom stereocenters. The van der Waals surface area contributed by atoms with E-state index in [0.717, 1.165) is 6.07 Å². The molecule has 19 heavy (non-hydrogen) atoms. The summed E-state index contributed by atoms with van der Waals surface area (Å²) in [6, 6.07) is 10.0. The largest absolute Gasteiger partial charge is 0.478 e. The predicted octanol–water partition coefficient (Wildman–Crippen LogP) is 2.81. The number of carboxylic acids is 1. The molecule has 0 bridgehead atoms. The van der Waals surface area contributed by atoms with Gasteiger partial charge in [0.2, 0.25) is 0 Å². The van der Waals surface area contributed by atoms with Crippen LogP contribution < -0.4 is 4.74 Å². The molecule has 0 spiro atoms. The van der Waals surface area contributed by atoms with Gasteiger partial charge in [-0.1, -0.05) is 18.2 Å². The Bertz CT molecular complexity index is 610. The second-order valence-corrected chi connectivity index (χ2v) is 3.82. The summed E-state index contributed by atoms with van der Waals surface area (Å²) in [5.74, 6) is -1.74. The van der Waals surface area contributed by atoms with E-state index in [-0.39, 0.29) is 17.9 Å². The molecule has 2 aromatic carbocycles. The third-order valence-corrected chi connectivity index (χ3v) is 2.54. The third-order valence-electron chi connectivity index (χ3n) is 2.54. The number of aliphatic hydroxyl groups excluding tert-OH is 1. The van der Waals surface area contributed by atoms with Crippen LogP contribution in [-0.2, 0) is 6.61 Å². The number of rotatable bonds is 4. The van der Waals surface area contributed by atoms with Gasteiger partial charge in [0.25, 0.3) is 0 Å². The zero-order valence-electron chi connectivity index (χ0n) is 9.84. The molecule has 4 nitrogen and oxygen atoms in total. The van der Waals surface area contributed by atoms with Crippen molar-refractivity contribution in [1.29, 1.82) is 0 Å². The number of para-hydroxylation sites is 1. The maximum absolute atomic E-state index is 13.7. The van der Waals surface area contributed by atoms with Crippen LogP contribution in [0.1, 0.15) is 15.9 Å². The molecule has 0 fully saturated rings. The summed E-state index contributed by atoms with van der Waals surface area (Å²) in [6.45, 7) is -0.231. The molecule has 0 aliphatic carbocycles. The van der Waals surface area contributed by atoms with Crippen molar-refractivity contribution in [2.75, 3.05) is 0 Å². The first kappa shape index (κ1) is 13.0. The van der Waals surface area contributed by atoms with Gasteiger partial charge in [-0.15, -0.1) is 0 Å². The van der Waals surface area contributed by atoms with Crippen molar-refractivity contribution < 1.29 is 24.1 Å². The van der Waals surface area contributed by atoms with E-state index in [1.807, 2.05) is 0 Å². The molecule has 0 aromatic heterocycles. The van der Waals surface area contributed by atoms with Crippen LogP contribution in [0.4, 0.5) is 4.39 Å². The highest BCUT2D eigenvalue weighted by Crippen LogP contribution is 2.28. The Balaban J connectivity index is 2.31. The molecule has 0 saturated carbocycles. The number of halogens is 1. The highest BCUT2D eigenvalue weighted by molar-refractivity contribution is 5.87. The Morgan fingerprint density at radius 3 is 2.53 bits per heavy atom. The zero-order chi connectivity index (χ0) is 13.8. The molecule has 5 heteroatoms. The summed E-state index contributed by atoms with van der Waals surface area (Å²) >= 11 is 0. The van der Waals surface area contributed by atoms with Crippen molar-refractivity contribution in [3.63, 3.8) is 0 Å². The number of ether oxygens (including phenoxy) is 1. The molecule has 0 heterocycles. The van der Waals surface area contributed by atoms with E-state index < -0.39 is 11.8 Å². The Hall–Kier alpha value is -2.40. The maximum Gasteiger partial charge on any atom is 0.335 e. The normalized spacial score (nSPS) is 10.2. The SMILES string of the molecule is O=C(O)c1ccc(Oc2ccccc2CO)c(F)c1. The lowest BCUT2D eigenvalue weighted by Crippen LogP contribution is -1.99. The summed E-state index contributed by atoms with van der Waals surface area (Å²) in [7, 11) is 0. The molecular formula is C14H11FO4. The molecule has 2 rings (SSSR count). The molecule has 2 aromatic rings. The van der Waals surface area contributed by atoms with Crippen LogP contribution >= 0.6 is 0 Å². The molecule has 0 aliphatic rings. The fraction of sp³-hybridized carbons (Fsp3) is 0.0714.